The number of ether oxygens (including phenoxy) is 1. The highest BCUT2D eigenvalue weighted by Crippen LogP contribution is 2.36. The Bertz CT molecular complexity index is 1340. The molecule has 0 aromatic heterocycles. The number of non-ortho nitro benzene ring substituents is 1. The molecule has 1 atom stereocenters. The predicted octanol–water partition coefficient (Wildman–Crippen LogP) is 4.08. The highest BCUT2D eigenvalue weighted by Gasteiger charge is 2.27. The number of benzene rings is 3. The van der Waals surface area contributed by atoms with E-state index in [0.717, 1.165) is 17.5 Å². The van der Waals surface area contributed by atoms with Gasteiger partial charge in [-0.25, -0.2) is 17.9 Å². The van der Waals surface area contributed by atoms with Gasteiger partial charge in [0.15, 0.2) is 6.61 Å². The highest BCUT2D eigenvalue weighted by molar-refractivity contribution is 7.89. The van der Waals surface area contributed by atoms with Crippen LogP contribution in [0.15, 0.2) is 71.6 Å². The summed E-state index contributed by atoms with van der Waals surface area (Å²) in [5.41, 5.74) is 2.81. The molecule has 9 nitrogen and oxygen atoms in total. The van der Waals surface area contributed by atoms with Gasteiger partial charge in [0.2, 0.25) is 10.0 Å². The SMILES string of the molecule is O=C(O)COc1cccc2c1CCC[C@H]2NS(=O)(=O)c1ccc(-c2cccc([N+](=O)[O-])c2)cc1. The normalized spacial score (nSPS) is 15.4. The third-order valence-corrected chi connectivity index (χ3v) is 7.16. The van der Waals surface area contributed by atoms with Crippen molar-refractivity contribution in [3.63, 3.8) is 0 Å². The maximum Gasteiger partial charge on any atom is 0.341 e. The minimum Gasteiger partial charge on any atom is -0.482 e. The molecular weight excluding hydrogens is 460 g/mol. The number of rotatable bonds is 8. The molecule has 2 N–H and O–H groups in total. The smallest absolute Gasteiger partial charge is 0.341 e. The van der Waals surface area contributed by atoms with Crippen molar-refractivity contribution in [1.29, 1.82) is 0 Å². The van der Waals surface area contributed by atoms with Gasteiger partial charge in [-0.1, -0.05) is 36.4 Å². The number of nitro groups is 1. The van der Waals surface area contributed by atoms with Gasteiger partial charge < -0.3 is 9.84 Å². The minimum absolute atomic E-state index is 0.0430. The van der Waals surface area contributed by atoms with E-state index in [1.54, 1.807) is 36.4 Å². The van der Waals surface area contributed by atoms with E-state index in [9.17, 15) is 23.3 Å². The molecule has 3 aromatic carbocycles. The van der Waals surface area contributed by atoms with Crippen LogP contribution in [0.25, 0.3) is 11.1 Å². The van der Waals surface area contributed by atoms with Gasteiger partial charge >= 0.3 is 5.97 Å². The summed E-state index contributed by atoms with van der Waals surface area (Å²) < 4.78 is 34.3. The highest BCUT2D eigenvalue weighted by atomic mass is 32.2. The molecule has 0 amide bonds. The number of nitrogens with one attached hydrogen (secondary N) is 1. The van der Waals surface area contributed by atoms with Gasteiger partial charge in [0.1, 0.15) is 5.75 Å². The van der Waals surface area contributed by atoms with E-state index in [1.807, 2.05) is 6.07 Å². The van der Waals surface area contributed by atoms with Crippen molar-refractivity contribution in [1.82, 2.24) is 4.72 Å². The third kappa shape index (κ3) is 5.08. The fourth-order valence-corrected chi connectivity index (χ4v) is 5.34. The Morgan fingerprint density at radius 2 is 1.82 bits per heavy atom. The van der Waals surface area contributed by atoms with Gasteiger partial charge in [-0.15, -0.1) is 0 Å². The molecule has 0 unspecified atom stereocenters. The number of nitro benzene ring substituents is 1. The molecule has 0 heterocycles. The van der Waals surface area contributed by atoms with Crippen molar-refractivity contribution in [2.75, 3.05) is 6.61 Å². The van der Waals surface area contributed by atoms with Crippen LogP contribution in [-0.4, -0.2) is 31.0 Å². The van der Waals surface area contributed by atoms with E-state index >= 15 is 0 Å². The Balaban J connectivity index is 1.55. The van der Waals surface area contributed by atoms with Crippen LogP contribution in [0.1, 0.15) is 30.0 Å². The summed E-state index contributed by atoms with van der Waals surface area (Å²) >= 11 is 0. The number of aliphatic carboxylic acids is 1. The van der Waals surface area contributed by atoms with Crippen molar-refractivity contribution in [3.05, 3.63) is 88.0 Å². The second-order valence-corrected chi connectivity index (χ2v) is 9.62. The van der Waals surface area contributed by atoms with Gasteiger partial charge in [-0.3, -0.25) is 10.1 Å². The first-order chi connectivity index (χ1) is 16.2. The molecular formula is C24H22N2O7S. The topological polar surface area (TPSA) is 136 Å². The lowest BCUT2D eigenvalue weighted by molar-refractivity contribution is -0.384. The molecule has 10 heteroatoms. The Hall–Kier alpha value is -3.76. The van der Waals surface area contributed by atoms with E-state index in [4.69, 9.17) is 9.84 Å². The summed E-state index contributed by atoms with van der Waals surface area (Å²) in [6, 6.07) is 17.0. The molecule has 0 fully saturated rings. The van der Waals surface area contributed by atoms with Crippen LogP contribution in [0.3, 0.4) is 0 Å². The molecule has 4 rings (SSSR count). The molecule has 1 aliphatic carbocycles. The fraction of sp³-hybridized carbons (Fsp3) is 0.208. The van der Waals surface area contributed by atoms with E-state index < -0.39 is 33.6 Å². The van der Waals surface area contributed by atoms with Gasteiger partial charge in [0.25, 0.3) is 5.69 Å². The first-order valence-electron chi connectivity index (χ1n) is 10.6. The average Bonchev–Trinajstić information content (AvgIpc) is 2.83. The summed E-state index contributed by atoms with van der Waals surface area (Å²) in [4.78, 5) is 21.5. The average molecular weight is 483 g/mol. The number of carbonyl (C=O) groups is 1. The van der Waals surface area contributed by atoms with Gasteiger partial charge in [-0.05, 0) is 59.7 Å². The van der Waals surface area contributed by atoms with Crippen LogP contribution < -0.4 is 9.46 Å². The number of nitrogens with zero attached hydrogens (tertiary/aromatic N) is 1. The molecule has 0 radical (unpaired) electrons. The van der Waals surface area contributed by atoms with Gasteiger partial charge in [0, 0.05) is 18.2 Å². The van der Waals surface area contributed by atoms with Gasteiger partial charge in [-0.2, -0.15) is 0 Å². The van der Waals surface area contributed by atoms with E-state index in [0.29, 0.717) is 29.7 Å². The van der Waals surface area contributed by atoms with Crippen LogP contribution >= 0.6 is 0 Å². The van der Waals surface area contributed by atoms with Crippen molar-refractivity contribution in [2.24, 2.45) is 0 Å². The Morgan fingerprint density at radius 1 is 1.09 bits per heavy atom. The summed E-state index contributed by atoms with van der Waals surface area (Å²) in [5, 5.41) is 19.9. The monoisotopic (exact) mass is 482 g/mol. The summed E-state index contributed by atoms with van der Waals surface area (Å²) in [5.74, 6) is -0.635. The quantitative estimate of drug-likeness (QED) is 0.365. The first kappa shape index (κ1) is 23.4. The molecule has 3 aromatic rings. The third-order valence-electron chi connectivity index (χ3n) is 5.67. The fourth-order valence-electron chi connectivity index (χ4n) is 4.09. The molecule has 0 saturated carbocycles. The van der Waals surface area contributed by atoms with Crippen LogP contribution in [-0.2, 0) is 21.2 Å². The van der Waals surface area contributed by atoms with Crippen molar-refractivity contribution in [2.45, 2.75) is 30.2 Å². The summed E-state index contributed by atoms with van der Waals surface area (Å²) in [6.45, 7) is -0.468. The molecule has 0 aliphatic heterocycles. The molecule has 0 spiro atoms. The van der Waals surface area contributed by atoms with Gasteiger partial charge in [0.05, 0.1) is 9.82 Å². The van der Waals surface area contributed by atoms with Crippen molar-refractivity contribution < 1.29 is 28.0 Å². The Labute approximate surface area is 196 Å². The van der Waals surface area contributed by atoms with E-state index in [-0.39, 0.29) is 10.6 Å². The summed E-state index contributed by atoms with van der Waals surface area (Å²) in [6.07, 6.45) is 1.99. The molecule has 34 heavy (non-hydrogen) atoms. The second kappa shape index (κ2) is 9.62. The van der Waals surface area contributed by atoms with Crippen molar-refractivity contribution >= 4 is 21.7 Å². The lowest BCUT2D eigenvalue weighted by atomic mass is 9.87. The molecule has 0 bridgehead atoms. The Kier molecular flexibility index (Phi) is 6.62. The lowest BCUT2D eigenvalue weighted by Crippen LogP contribution is -2.31. The standard InChI is InChI=1S/C24H22N2O7S/c27-24(28)15-33-23-9-3-6-20-21(23)7-2-8-22(20)25-34(31,32)19-12-10-16(11-13-19)17-4-1-5-18(14-17)26(29)30/h1,3-6,9-14,22,25H,2,7-8,15H2,(H,27,28)/t22-/m1/s1. The maximum absolute atomic E-state index is 13.1. The number of hydrogen-bond acceptors (Lipinski definition) is 6. The number of carboxylic acids is 1. The van der Waals surface area contributed by atoms with E-state index in [2.05, 4.69) is 4.72 Å². The zero-order valence-electron chi connectivity index (χ0n) is 18.0. The Morgan fingerprint density at radius 3 is 2.53 bits per heavy atom. The minimum atomic E-state index is -3.85. The number of hydrogen-bond donors (Lipinski definition) is 2. The zero-order valence-corrected chi connectivity index (χ0v) is 18.8. The van der Waals surface area contributed by atoms with Crippen LogP contribution in [0.4, 0.5) is 5.69 Å². The zero-order chi connectivity index (χ0) is 24.3. The number of fused-ring (bicyclic) bond motifs is 1. The first-order valence-corrected chi connectivity index (χ1v) is 12.1. The largest absolute Gasteiger partial charge is 0.482 e. The number of carboxylic acid groups (broad SMARTS) is 1. The molecule has 1 aliphatic rings. The second-order valence-electron chi connectivity index (χ2n) is 7.90. The molecule has 0 saturated heterocycles. The predicted molar refractivity (Wildman–Crippen MR) is 124 cm³/mol. The molecule has 176 valence electrons. The number of sulfonamides is 1. The van der Waals surface area contributed by atoms with Crippen LogP contribution in [0.5, 0.6) is 5.75 Å². The lowest BCUT2D eigenvalue weighted by Gasteiger charge is -2.27. The summed E-state index contributed by atoms with van der Waals surface area (Å²) in [7, 11) is -3.85. The van der Waals surface area contributed by atoms with Crippen LogP contribution in [0, 0.1) is 10.1 Å². The van der Waals surface area contributed by atoms with Crippen molar-refractivity contribution in [3.8, 4) is 16.9 Å². The van der Waals surface area contributed by atoms with E-state index in [1.165, 1.54) is 24.3 Å². The maximum atomic E-state index is 13.1. The van der Waals surface area contributed by atoms with Crippen LogP contribution in [0.2, 0.25) is 0 Å².